The van der Waals surface area contributed by atoms with Crippen molar-refractivity contribution in [2.24, 2.45) is 5.92 Å². The maximum absolute atomic E-state index is 6.29. The molecule has 3 rings (SSSR count). The zero-order chi connectivity index (χ0) is 15.4. The predicted molar refractivity (Wildman–Crippen MR) is 86.2 cm³/mol. The van der Waals surface area contributed by atoms with Gasteiger partial charge in [0.15, 0.2) is 0 Å². The van der Waals surface area contributed by atoms with Gasteiger partial charge in [-0.2, -0.15) is 0 Å². The van der Waals surface area contributed by atoms with Crippen molar-refractivity contribution < 1.29 is 9.31 Å². The lowest BCUT2D eigenvalue weighted by Crippen LogP contribution is -2.55. The van der Waals surface area contributed by atoms with E-state index in [4.69, 9.17) is 9.31 Å². The lowest BCUT2D eigenvalue weighted by molar-refractivity contribution is 0.00560. The summed E-state index contributed by atoms with van der Waals surface area (Å²) in [4.78, 5) is 4.96. The summed E-state index contributed by atoms with van der Waals surface area (Å²) in [6, 6.07) is 0.750. The monoisotopic (exact) mass is 294 g/mol. The molecule has 0 bridgehead atoms. The fourth-order valence-electron chi connectivity index (χ4n) is 4.33. The Morgan fingerprint density at radius 2 is 1.62 bits per heavy atom. The quantitative estimate of drug-likeness (QED) is 0.694. The third kappa shape index (κ3) is 2.78. The molecule has 2 heterocycles. The van der Waals surface area contributed by atoms with Crippen LogP contribution in [0.15, 0.2) is 0 Å². The molecule has 3 atom stereocenters. The first kappa shape index (κ1) is 15.8. The molecule has 0 spiro atoms. The van der Waals surface area contributed by atoms with E-state index >= 15 is 0 Å². The van der Waals surface area contributed by atoms with Gasteiger partial charge in [0.2, 0.25) is 0 Å². The van der Waals surface area contributed by atoms with Gasteiger partial charge in [0.1, 0.15) is 0 Å². The Balaban J connectivity index is 1.67. The summed E-state index contributed by atoms with van der Waals surface area (Å²) in [6.07, 6.45) is 3.74. The molecule has 5 heteroatoms. The Hall–Kier alpha value is -0.0951. The van der Waals surface area contributed by atoms with Crippen LogP contribution in [0.3, 0.4) is 0 Å². The van der Waals surface area contributed by atoms with Crippen molar-refractivity contribution in [3.8, 4) is 0 Å². The van der Waals surface area contributed by atoms with E-state index in [1.807, 2.05) is 0 Å². The van der Waals surface area contributed by atoms with Crippen molar-refractivity contribution in [2.45, 2.75) is 70.0 Å². The van der Waals surface area contributed by atoms with Crippen molar-refractivity contribution >= 4 is 7.12 Å². The second kappa shape index (κ2) is 5.22. The summed E-state index contributed by atoms with van der Waals surface area (Å²) >= 11 is 0. The topological polar surface area (TPSA) is 24.9 Å². The van der Waals surface area contributed by atoms with Gasteiger partial charge in [-0.15, -0.1) is 0 Å². The molecule has 0 aromatic rings. The molecule has 4 nitrogen and oxygen atoms in total. The van der Waals surface area contributed by atoms with Crippen LogP contribution in [0.25, 0.3) is 0 Å². The highest BCUT2D eigenvalue weighted by Gasteiger charge is 2.55. The lowest BCUT2D eigenvalue weighted by atomic mass is 9.60. The molecule has 1 aliphatic carbocycles. The molecule has 0 radical (unpaired) electrons. The van der Waals surface area contributed by atoms with Gasteiger partial charge in [0, 0.05) is 12.6 Å². The third-order valence-corrected chi connectivity index (χ3v) is 6.22. The molecule has 3 unspecified atom stereocenters. The van der Waals surface area contributed by atoms with Crippen LogP contribution >= 0.6 is 0 Å². The summed E-state index contributed by atoms with van der Waals surface area (Å²) in [5, 5.41) is 0. The van der Waals surface area contributed by atoms with Crippen molar-refractivity contribution in [3.63, 3.8) is 0 Å². The minimum Gasteiger partial charge on any atom is -0.403 e. The van der Waals surface area contributed by atoms with Crippen LogP contribution in [0.5, 0.6) is 0 Å². The Morgan fingerprint density at radius 3 is 2.24 bits per heavy atom. The standard InChI is InChI=1S/C16H31BN2O2/c1-15(2)16(3,4)21-17(20-15)13-7-8-14-12(9-13)10-18(5)11-19(14)6/h12-14H,7-11H2,1-6H3. The van der Waals surface area contributed by atoms with E-state index in [-0.39, 0.29) is 18.3 Å². The van der Waals surface area contributed by atoms with Crippen molar-refractivity contribution in [1.29, 1.82) is 0 Å². The zero-order valence-electron chi connectivity index (χ0n) is 14.6. The van der Waals surface area contributed by atoms with Gasteiger partial charge >= 0.3 is 7.12 Å². The van der Waals surface area contributed by atoms with Crippen LogP contribution in [0.4, 0.5) is 0 Å². The molecule has 0 aromatic carbocycles. The second-order valence-electron chi connectivity index (χ2n) is 8.46. The van der Waals surface area contributed by atoms with Gasteiger partial charge in [0.25, 0.3) is 0 Å². The molecule has 120 valence electrons. The van der Waals surface area contributed by atoms with Crippen molar-refractivity contribution in [1.82, 2.24) is 9.80 Å². The number of fused-ring (bicyclic) bond motifs is 1. The summed E-state index contributed by atoms with van der Waals surface area (Å²) in [7, 11) is 4.47. The van der Waals surface area contributed by atoms with E-state index in [9.17, 15) is 0 Å². The van der Waals surface area contributed by atoms with E-state index in [2.05, 4.69) is 51.6 Å². The summed E-state index contributed by atoms with van der Waals surface area (Å²) in [6.45, 7) is 10.9. The molecule has 0 N–H and O–H groups in total. The smallest absolute Gasteiger partial charge is 0.403 e. The molecule has 0 aromatic heterocycles. The predicted octanol–water partition coefficient (Wildman–Crippen LogP) is 2.45. The summed E-state index contributed by atoms with van der Waals surface area (Å²) in [5.74, 6) is 1.30. The van der Waals surface area contributed by atoms with E-state index in [0.29, 0.717) is 5.82 Å². The first-order chi connectivity index (χ1) is 9.69. The fraction of sp³-hybridized carbons (Fsp3) is 1.00. The highest BCUT2D eigenvalue weighted by Crippen LogP contribution is 2.46. The van der Waals surface area contributed by atoms with Crippen molar-refractivity contribution in [2.75, 3.05) is 27.3 Å². The van der Waals surface area contributed by atoms with Gasteiger partial charge in [-0.25, -0.2) is 0 Å². The van der Waals surface area contributed by atoms with E-state index in [1.54, 1.807) is 0 Å². The third-order valence-electron chi connectivity index (χ3n) is 6.22. The summed E-state index contributed by atoms with van der Waals surface area (Å²) in [5.41, 5.74) is -0.399. The number of rotatable bonds is 1. The van der Waals surface area contributed by atoms with Crippen molar-refractivity contribution in [3.05, 3.63) is 0 Å². The summed E-state index contributed by atoms with van der Waals surface area (Å²) < 4.78 is 12.6. The van der Waals surface area contributed by atoms with Gasteiger partial charge in [-0.3, -0.25) is 9.80 Å². The average Bonchev–Trinajstić information content (AvgIpc) is 2.57. The molecular weight excluding hydrogens is 263 g/mol. The van der Waals surface area contributed by atoms with Crippen LogP contribution in [0.2, 0.25) is 5.82 Å². The maximum atomic E-state index is 6.29. The Kier molecular flexibility index (Phi) is 3.93. The van der Waals surface area contributed by atoms with E-state index < -0.39 is 0 Å². The van der Waals surface area contributed by atoms with Crippen LogP contribution in [-0.4, -0.2) is 61.5 Å². The van der Waals surface area contributed by atoms with Crippen LogP contribution in [0.1, 0.15) is 47.0 Å². The molecule has 2 saturated heterocycles. The first-order valence-electron chi connectivity index (χ1n) is 8.44. The van der Waals surface area contributed by atoms with Crippen LogP contribution in [-0.2, 0) is 9.31 Å². The average molecular weight is 294 g/mol. The zero-order valence-corrected chi connectivity index (χ0v) is 14.6. The van der Waals surface area contributed by atoms with E-state index in [1.165, 1.54) is 25.8 Å². The normalized spacial score (nSPS) is 40.3. The van der Waals surface area contributed by atoms with E-state index in [0.717, 1.165) is 18.6 Å². The fourth-order valence-corrected chi connectivity index (χ4v) is 4.33. The highest BCUT2D eigenvalue weighted by atomic mass is 16.7. The lowest BCUT2D eigenvalue weighted by Gasteiger charge is -2.48. The number of nitrogens with zero attached hydrogens (tertiary/aromatic N) is 2. The second-order valence-corrected chi connectivity index (χ2v) is 8.46. The molecule has 1 saturated carbocycles. The van der Waals surface area contributed by atoms with Crippen LogP contribution < -0.4 is 0 Å². The van der Waals surface area contributed by atoms with Gasteiger partial charge < -0.3 is 9.31 Å². The minimum absolute atomic E-state index is 0.0199. The highest BCUT2D eigenvalue weighted by molar-refractivity contribution is 6.47. The van der Waals surface area contributed by atoms with Crippen LogP contribution in [0, 0.1) is 5.92 Å². The molecule has 0 amide bonds. The first-order valence-corrected chi connectivity index (χ1v) is 8.44. The molecule has 3 aliphatic rings. The minimum atomic E-state index is -0.200. The largest absolute Gasteiger partial charge is 0.461 e. The SMILES string of the molecule is CN1CC2CC(B3OC(C)(C)C(C)(C)O3)CCC2N(C)C1. The molecule has 3 fully saturated rings. The Bertz CT molecular complexity index is 386. The number of hydrogen-bond acceptors (Lipinski definition) is 4. The van der Waals surface area contributed by atoms with Gasteiger partial charge in [0.05, 0.1) is 17.9 Å². The molecular formula is C16H31BN2O2. The molecule has 21 heavy (non-hydrogen) atoms. The van der Waals surface area contributed by atoms with Gasteiger partial charge in [-0.05, 0) is 66.4 Å². The Morgan fingerprint density at radius 1 is 1.00 bits per heavy atom. The molecule has 2 aliphatic heterocycles. The number of hydrogen-bond donors (Lipinski definition) is 0. The van der Waals surface area contributed by atoms with Gasteiger partial charge in [-0.1, -0.05) is 6.42 Å². The maximum Gasteiger partial charge on any atom is 0.461 e. The Labute approximate surface area is 130 Å².